The lowest BCUT2D eigenvalue weighted by Crippen LogP contribution is -2.31. The summed E-state index contributed by atoms with van der Waals surface area (Å²) in [5.74, 6) is -4.83. The molecule has 0 fully saturated rings. The summed E-state index contributed by atoms with van der Waals surface area (Å²) in [7, 11) is 0. The summed E-state index contributed by atoms with van der Waals surface area (Å²) in [4.78, 5) is 10.4. The van der Waals surface area contributed by atoms with Crippen LogP contribution in [-0.4, -0.2) is 28.1 Å². The molecule has 0 aromatic carbocycles. The molecule has 0 aromatic rings. The van der Waals surface area contributed by atoms with Crippen molar-refractivity contribution >= 4 is 5.97 Å². The molecule has 6 heteroatoms. The highest BCUT2D eigenvalue weighted by Gasteiger charge is 2.30. The van der Waals surface area contributed by atoms with E-state index in [1.165, 1.54) is 0 Å². The molecule has 15 heavy (non-hydrogen) atoms. The number of carboxylic acids is 1. The molecule has 0 saturated carbocycles. The fourth-order valence-corrected chi connectivity index (χ4v) is 1.21. The van der Waals surface area contributed by atoms with Gasteiger partial charge in [0.1, 0.15) is 11.9 Å². The smallest absolute Gasteiger partial charge is 0.320 e. The number of nitrogens with two attached hydrogens (primary N) is 1. The highest BCUT2D eigenvalue weighted by molar-refractivity contribution is 5.73. The Labute approximate surface area is 84.7 Å². The van der Waals surface area contributed by atoms with Crippen LogP contribution in [0.25, 0.3) is 0 Å². The molecule has 4 nitrogen and oxygen atoms in total. The van der Waals surface area contributed by atoms with Crippen molar-refractivity contribution in [3.63, 3.8) is 0 Å². The predicted octanol–water partition coefficient (Wildman–Crippen LogP) is 0.630. The molecule has 0 saturated heterocycles. The number of halogens is 2. The zero-order valence-corrected chi connectivity index (χ0v) is 7.78. The minimum absolute atomic E-state index is 0.00669. The van der Waals surface area contributed by atoms with Crippen LogP contribution in [-0.2, 0) is 4.79 Å². The monoisotopic (exact) mass is 219 g/mol. The van der Waals surface area contributed by atoms with E-state index in [1.807, 2.05) is 0 Å². The minimum atomic E-state index is -2.69. The third-order valence-electron chi connectivity index (χ3n) is 2.05. The van der Waals surface area contributed by atoms with E-state index < -0.39 is 30.1 Å². The Bertz CT molecular complexity index is 336. The van der Waals surface area contributed by atoms with E-state index in [0.29, 0.717) is 0 Å². The van der Waals surface area contributed by atoms with Crippen molar-refractivity contribution in [3.8, 4) is 0 Å². The van der Waals surface area contributed by atoms with Gasteiger partial charge in [-0.1, -0.05) is 6.08 Å². The first-order valence-electron chi connectivity index (χ1n) is 4.28. The summed E-state index contributed by atoms with van der Waals surface area (Å²) in [6.45, 7) is 0. The van der Waals surface area contributed by atoms with Gasteiger partial charge in [0.25, 0.3) is 0 Å². The van der Waals surface area contributed by atoms with Crippen LogP contribution in [0, 0.1) is 0 Å². The summed E-state index contributed by atoms with van der Waals surface area (Å²) in [5, 5.41) is 17.3. The Balaban J connectivity index is 2.73. The van der Waals surface area contributed by atoms with E-state index in [-0.39, 0.29) is 12.0 Å². The van der Waals surface area contributed by atoms with E-state index in [0.717, 1.165) is 12.2 Å². The molecule has 0 aliphatic heterocycles. The van der Waals surface area contributed by atoms with Crippen molar-refractivity contribution in [2.75, 3.05) is 0 Å². The van der Waals surface area contributed by atoms with Gasteiger partial charge in [-0.15, -0.1) is 0 Å². The maximum atomic E-state index is 13.1. The van der Waals surface area contributed by atoms with E-state index in [2.05, 4.69) is 0 Å². The second kappa shape index (κ2) is 4.08. The van der Waals surface area contributed by atoms with Gasteiger partial charge in [-0.2, -0.15) is 0 Å². The quantitative estimate of drug-likeness (QED) is 0.650. The molecule has 2 unspecified atom stereocenters. The van der Waals surface area contributed by atoms with Gasteiger partial charge < -0.3 is 15.9 Å². The maximum absolute atomic E-state index is 13.1. The van der Waals surface area contributed by atoms with Crippen LogP contribution in [0.1, 0.15) is 12.8 Å². The van der Waals surface area contributed by atoms with Crippen LogP contribution in [0.5, 0.6) is 0 Å². The molecule has 0 amide bonds. The molecule has 0 aromatic heterocycles. The molecule has 0 heterocycles. The average molecular weight is 219 g/mol. The van der Waals surface area contributed by atoms with Crippen molar-refractivity contribution < 1.29 is 23.8 Å². The van der Waals surface area contributed by atoms with Gasteiger partial charge in [-0.25, -0.2) is 8.78 Å². The number of hydrogen-bond acceptors (Lipinski definition) is 3. The molecule has 84 valence electrons. The van der Waals surface area contributed by atoms with Crippen LogP contribution in [0.2, 0.25) is 0 Å². The number of rotatable bonds is 3. The fraction of sp³-hybridized carbons (Fsp3) is 0.444. The molecular formula is C9H11F2NO3. The van der Waals surface area contributed by atoms with Crippen molar-refractivity contribution in [1.82, 2.24) is 0 Å². The van der Waals surface area contributed by atoms with Crippen LogP contribution in [0.4, 0.5) is 8.78 Å². The molecular weight excluding hydrogens is 208 g/mol. The second-order valence-electron chi connectivity index (χ2n) is 3.41. The van der Waals surface area contributed by atoms with Crippen molar-refractivity contribution in [1.29, 1.82) is 0 Å². The molecule has 1 aliphatic carbocycles. The number of hydrogen-bond donors (Lipinski definition) is 3. The minimum Gasteiger partial charge on any atom is -0.480 e. The van der Waals surface area contributed by atoms with Gasteiger partial charge in [-0.05, 0) is 11.6 Å². The van der Waals surface area contributed by atoms with Crippen LogP contribution in [0.3, 0.4) is 0 Å². The fourth-order valence-electron chi connectivity index (χ4n) is 1.21. The third-order valence-corrected chi connectivity index (χ3v) is 2.05. The molecule has 0 radical (unpaired) electrons. The highest BCUT2D eigenvalue weighted by atomic mass is 19.2. The van der Waals surface area contributed by atoms with Gasteiger partial charge in [-0.3, -0.25) is 4.79 Å². The summed E-state index contributed by atoms with van der Waals surface area (Å²) in [5.41, 5.74) is 5.19. The normalized spacial score (nSPS) is 28.0. The topological polar surface area (TPSA) is 83.5 Å². The second-order valence-corrected chi connectivity index (χ2v) is 3.41. The summed E-state index contributed by atoms with van der Waals surface area (Å²) in [6, 6.07) is -1.23. The average Bonchev–Trinajstić information content (AvgIpc) is 2.08. The third kappa shape index (κ3) is 3.10. The van der Waals surface area contributed by atoms with Crippen molar-refractivity contribution in [2.45, 2.75) is 24.7 Å². The van der Waals surface area contributed by atoms with Gasteiger partial charge in [0, 0.05) is 6.42 Å². The standard InChI is InChI=1S/C9H11F2NO3/c10-6-4-9(11,15)2-1-5(6)3-7(12)8(13)14/h1-2,7,15H,3-4,12H2,(H,13,14). The lowest BCUT2D eigenvalue weighted by atomic mass is 9.97. The Kier molecular flexibility index (Phi) is 3.21. The first kappa shape index (κ1) is 11.8. The van der Waals surface area contributed by atoms with E-state index in [9.17, 15) is 13.6 Å². The molecule has 4 N–H and O–H groups in total. The Morgan fingerprint density at radius 1 is 1.73 bits per heavy atom. The number of aliphatic hydroxyl groups is 1. The Morgan fingerprint density at radius 3 is 2.80 bits per heavy atom. The zero-order valence-electron chi connectivity index (χ0n) is 7.78. The first-order chi connectivity index (χ1) is 6.82. The lowest BCUT2D eigenvalue weighted by Gasteiger charge is -2.20. The summed E-state index contributed by atoms with van der Waals surface area (Å²) < 4.78 is 26.0. The van der Waals surface area contributed by atoms with Crippen LogP contribution >= 0.6 is 0 Å². The molecule has 1 aliphatic rings. The van der Waals surface area contributed by atoms with E-state index in [1.54, 1.807) is 0 Å². The number of alkyl halides is 1. The maximum Gasteiger partial charge on any atom is 0.320 e. The number of allylic oxidation sites excluding steroid dienone is 1. The predicted molar refractivity (Wildman–Crippen MR) is 48.2 cm³/mol. The van der Waals surface area contributed by atoms with Crippen LogP contribution in [0.15, 0.2) is 23.6 Å². The van der Waals surface area contributed by atoms with Gasteiger partial charge in [0.05, 0.1) is 6.42 Å². The molecule has 0 bridgehead atoms. The lowest BCUT2D eigenvalue weighted by molar-refractivity contribution is -0.138. The molecule has 1 rings (SSSR count). The Morgan fingerprint density at radius 2 is 2.33 bits per heavy atom. The Hall–Kier alpha value is -1.27. The number of carboxylic acid groups (broad SMARTS) is 1. The van der Waals surface area contributed by atoms with Crippen molar-refractivity contribution in [3.05, 3.63) is 23.6 Å². The zero-order chi connectivity index (χ0) is 11.6. The largest absolute Gasteiger partial charge is 0.480 e. The van der Waals surface area contributed by atoms with Crippen LogP contribution < -0.4 is 5.73 Å². The van der Waals surface area contributed by atoms with Gasteiger partial charge in [0.15, 0.2) is 0 Å². The summed E-state index contributed by atoms with van der Waals surface area (Å²) in [6.07, 6.45) is 0.764. The first-order valence-corrected chi connectivity index (χ1v) is 4.28. The number of carbonyl (C=O) groups is 1. The SMILES string of the molecule is NC(CC1=C(F)CC(O)(F)C=C1)C(=O)O. The van der Waals surface area contributed by atoms with Gasteiger partial charge in [0.2, 0.25) is 5.85 Å². The molecule has 2 atom stereocenters. The number of aliphatic carboxylic acids is 1. The van der Waals surface area contributed by atoms with Gasteiger partial charge >= 0.3 is 5.97 Å². The van der Waals surface area contributed by atoms with E-state index in [4.69, 9.17) is 15.9 Å². The molecule has 0 spiro atoms. The van der Waals surface area contributed by atoms with E-state index >= 15 is 0 Å². The highest BCUT2D eigenvalue weighted by Crippen LogP contribution is 2.30. The van der Waals surface area contributed by atoms with Crippen molar-refractivity contribution in [2.24, 2.45) is 5.73 Å². The summed E-state index contributed by atoms with van der Waals surface area (Å²) >= 11 is 0.